The number of hydrogen-bond donors (Lipinski definition) is 1. The molecule has 31 heavy (non-hydrogen) atoms. The normalized spacial score (nSPS) is 16.6. The predicted molar refractivity (Wildman–Crippen MR) is 137 cm³/mol. The summed E-state index contributed by atoms with van der Waals surface area (Å²) >= 11 is 5.94. The molecular weight excluding hydrogens is 527 g/mol. The number of nitrogens with one attached hydrogen (secondary N) is 1. The number of guanidine groups is 1. The third kappa shape index (κ3) is 7.61. The molecule has 1 saturated heterocycles. The lowest BCUT2D eigenvalue weighted by molar-refractivity contribution is 0.255. The van der Waals surface area contributed by atoms with Crippen molar-refractivity contribution in [3.8, 4) is 11.4 Å². The van der Waals surface area contributed by atoms with Crippen LogP contribution in [0, 0.1) is 5.92 Å². The molecule has 0 spiro atoms. The van der Waals surface area contributed by atoms with Gasteiger partial charge in [-0.1, -0.05) is 30.6 Å². The number of aliphatic imine (C=N–C) groups is 1. The Morgan fingerprint density at radius 2 is 2.00 bits per heavy atom. The van der Waals surface area contributed by atoms with E-state index in [2.05, 4.69) is 46.0 Å². The minimum absolute atomic E-state index is 0. The van der Waals surface area contributed by atoms with Crippen LogP contribution < -0.4 is 5.32 Å². The van der Waals surface area contributed by atoms with Gasteiger partial charge < -0.3 is 19.6 Å². The summed E-state index contributed by atoms with van der Waals surface area (Å²) in [6.07, 6.45) is 1.83. The summed E-state index contributed by atoms with van der Waals surface area (Å²) in [6.45, 7) is 13.6. The molecule has 1 aliphatic heterocycles. The van der Waals surface area contributed by atoms with Crippen molar-refractivity contribution in [2.45, 2.75) is 33.6 Å². The number of nitrogens with zero attached hydrogens (tertiary/aromatic N) is 5. The Morgan fingerprint density at radius 3 is 2.68 bits per heavy atom. The van der Waals surface area contributed by atoms with Crippen LogP contribution in [0.3, 0.4) is 0 Å². The average molecular weight is 561 g/mol. The highest BCUT2D eigenvalue weighted by molar-refractivity contribution is 14.0. The van der Waals surface area contributed by atoms with Crippen molar-refractivity contribution in [1.29, 1.82) is 0 Å². The first-order chi connectivity index (χ1) is 14.6. The zero-order valence-electron chi connectivity index (χ0n) is 18.7. The molecule has 9 heteroatoms. The maximum atomic E-state index is 5.94. The molecule has 0 saturated carbocycles. The molecule has 172 valence electrons. The molecule has 0 bridgehead atoms. The Bertz CT molecular complexity index is 809. The van der Waals surface area contributed by atoms with Crippen LogP contribution in [0.1, 0.15) is 33.1 Å². The van der Waals surface area contributed by atoms with Crippen LogP contribution in [-0.4, -0.2) is 71.7 Å². The van der Waals surface area contributed by atoms with Crippen molar-refractivity contribution < 1.29 is 4.52 Å². The summed E-state index contributed by atoms with van der Waals surface area (Å²) in [5, 5.41) is 8.19. The number of rotatable bonds is 9. The summed E-state index contributed by atoms with van der Waals surface area (Å²) < 4.78 is 5.40. The minimum atomic E-state index is 0. The van der Waals surface area contributed by atoms with E-state index in [9.17, 15) is 0 Å². The van der Waals surface area contributed by atoms with Gasteiger partial charge in [-0.05, 0) is 56.6 Å². The largest absolute Gasteiger partial charge is 0.357 e. The fourth-order valence-corrected chi connectivity index (χ4v) is 3.90. The fraction of sp³-hybridized carbons (Fsp3) is 0.591. The second-order valence-electron chi connectivity index (χ2n) is 7.59. The smallest absolute Gasteiger partial charge is 0.228 e. The van der Waals surface area contributed by atoms with Gasteiger partial charge in [0.1, 0.15) is 0 Å². The number of aromatic nitrogens is 2. The maximum absolute atomic E-state index is 5.94. The van der Waals surface area contributed by atoms with Crippen molar-refractivity contribution >= 4 is 41.5 Å². The van der Waals surface area contributed by atoms with E-state index in [-0.39, 0.29) is 24.0 Å². The maximum Gasteiger partial charge on any atom is 0.228 e. The van der Waals surface area contributed by atoms with Gasteiger partial charge in [0.05, 0.1) is 6.54 Å². The predicted octanol–water partition coefficient (Wildman–Crippen LogP) is 4.18. The second-order valence-corrected chi connectivity index (χ2v) is 8.03. The number of benzene rings is 1. The lowest BCUT2D eigenvalue weighted by Gasteiger charge is -2.24. The average Bonchev–Trinajstić information content (AvgIpc) is 3.42. The van der Waals surface area contributed by atoms with Gasteiger partial charge in [0.2, 0.25) is 11.7 Å². The molecule has 1 atom stereocenters. The van der Waals surface area contributed by atoms with Gasteiger partial charge in [-0.3, -0.25) is 4.99 Å². The van der Waals surface area contributed by atoms with Crippen LogP contribution in [-0.2, 0) is 6.42 Å². The number of hydrogen-bond acceptors (Lipinski definition) is 5. The quantitative estimate of drug-likeness (QED) is 0.282. The first kappa shape index (κ1) is 25.9. The topological polar surface area (TPSA) is 69.8 Å². The standard InChI is InChI=1S/C22H33ClN6O.HI/c1-4-24-22(29-14-12-17(16-29)15-28(5-2)6-3)25-13-11-20-26-21(27-30-20)18-7-9-19(23)10-8-18;/h7-10,17H,4-6,11-16H2,1-3H3,(H,24,25);1H. The Kier molecular flexibility index (Phi) is 11.0. The molecule has 2 aromatic rings. The van der Waals surface area contributed by atoms with Crippen LogP contribution >= 0.6 is 35.6 Å². The van der Waals surface area contributed by atoms with Gasteiger partial charge >= 0.3 is 0 Å². The molecule has 1 N–H and O–H groups in total. The first-order valence-electron chi connectivity index (χ1n) is 11.0. The van der Waals surface area contributed by atoms with Gasteiger partial charge in [-0.25, -0.2) is 0 Å². The van der Waals surface area contributed by atoms with E-state index in [1.54, 1.807) is 0 Å². The van der Waals surface area contributed by atoms with Crippen LogP contribution in [0.2, 0.25) is 5.02 Å². The van der Waals surface area contributed by atoms with E-state index in [0.717, 1.165) is 44.2 Å². The Labute approximate surface area is 207 Å². The zero-order valence-corrected chi connectivity index (χ0v) is 21.8. The van der Waals surface area contributed by atoms with E-state index in [1.807, 2.05) is 24.3 Å². The Morgan fingerprint density at radius 1 is 1.26 bits per heavy atom. The van der Waals surface area contributed by atoms with Gasteiger partial charge in [-0.15, -0.1) is 24.0 Å². The van der Waals surface area contributed by atoms with Gasteiger partial charge in [-0.2, -0.15) is 4.98 Å². The molecule has 7 nitrogen and oxygen atoms in total. The van der Waals surface area contributed by atoms with E-state index in [0.29, 0.717) is 35.6 Å². The third-order valence-corrected chi connectivity index (χ3v) is 5.74. The molecule has 1 aromatic carbocycles. The SMILES string of the molecule is CCNC(=NCCc1nc(-c2ccc(Cl)cc2)no1)N1CCC(CN(CC)CC)C1.I. The molecule has 3 rings (SSSR count). The van der Waals surface area contributed by atoms with E-state index in [1.165, 1.54) is 13.0 Å². The van der Waals surface area contributed by atoms with Crippen molar-refractivity contribution in [1.82, 2.24) is 25.3 Å². The summed E-state index contributed by atoms with van der Waals surface area (Å²) in [4.78, 5) is 14.2. The highest BCUT2D eigenvalue weighted by Crippen LogP contribution is 2.19. The molecule has 1 fully saturated rings. The summed E-state index contributed by atoms with van der Waals surface area (Å²) in [5.41, 5.74) is 0.891. The monoisotopic (exact) mass is 560 g/mol. The first-order valence-corrected chi connectivity index (χ1v) is 11.3. The van der Waals surface area contributed by atoms with Gasteiger partial charge in [0, 0.05) is 43.2 Å². The molecule has 2 heterocycles. The molecule has 1 unspecified atom stereocenters. The van der Waals surface area contributed by atoms with Crippen molar-refractivity contribution in [2.75, 3.05) is 45.8 Å². The van der Waals surface area contributed by atoms with Crippen molar-refractivity contribution in [3.63, 3.8) is 0 Å². The highest BCUT2D eigenvalue weighted by Gasteiger charge is 2.25. The van der Waals surface area contributed by atoms with E-state index >= 15 is 0 Å². The van der Waals surface area contributed by atoms with E-state index in [4.69, 9.17) is 21.1 Å². The van der Waals surface area contributed by atoms with Gasteiger partial charge in [0.25, 0.3) is 0 Å². The fourth-order valence-electron chi connectivity index (χ4n) is 3.78. The van der Waals surface area contributed by atoms with Crippen molar-refractivity contribution in [3.05, 3.63) is 35.2 Å². The van der Waals surface area contributed by atoms with Crippen molar-refractivity contribution in [2.24, 2.45) is 10.9 Å². The van der Waals surface area contributed by atoms with Crippen LogP contribution in [0.4, 0.5) is 0 Å². The summed E-state index contributed by atoms with van der Waals surface area (Å²) in [7, 11) is 0. The molecule has 0 aliphatic carbocycles. The Balaban J connectivity index is 0.00000341. The lowest BCUT2D eigenvalue weighted by Crippen LogP contribution is -2.41. The van der Waals surface area contributed by atoms with E-state index < -0.39 is 0 Å². The zero-order chi connectivity index (χ0) is 21.3. The third-order valence-electron chi connectivity index (χ3n) is 5.49. The molecule has 1 aliphatic rings. The second kappa shape index (κ2) is 13.2. The summed E-state index contributed by atoms with van der Waals surface area (Å²) in [5.74, 6) is 2.86. The van der Waals surface area contributed by atoms with Crippen LogP contribution in [0.25, 0.3) is 11.4 Å². The summed E-state index contributed by atoms with van der Waals surface area (Å²) in [6, 6.07) is 7.42. The van der Waals surface area contributed by atoms with Crippen LogP contribution in [0.15, 0.2) is 33.8 Å². The highest BCUT2D eigenvalue weighted by atomic mass is 127. The molecular formula is C22H34ClIN6O. The Hall–Kier alpha value is -1.39. The number of likely N-dealkylation sites (tertiary alicyclic amines) is 1. The molecule has 0 radical (unpaired) electrons. The lowest BCUT2D eigenvalue weighted by atomic mass is 10.1. The molecule has 0 amide bonds. The minimum Gasteiger partial charge on any atom is -0.357 e. The molecule has 1 aromatic heterocycles. The van der Waals surface area contributed by atoms with Gasteiger partial charge in [0.15, 0.2) is 5.96 Å². The van der Waals surface area contributed by atoms with Crippen LogP contribution in [0.5, 0.6) is 0 Å². The number of halogens is 2.